The minimum absolute atomic E-state index is 0.0640. The molecule has 0 aromatic rings. The molecule has 0 aliphatic rings. The van der Waals surface area contributed by atoms with Gasteiger partial charge >= 0.3 is 17.9 Å². The molecule has 50 heavy (non-hydrogen) atoms. The van der Waals surface area contributed by atoms with E-state index in [0.29, 0.717) is 19.3 Å². The fraction of sp³-hybridized carbons (Fsp3) is 0.932. The largest absolute Gasteiger partial charge is 0.462 e. The average Bonchev–Trinajstić information content (AvgIpc) is 3.11. The van der Waals surface area contributed by atoms with Gasteiger partial charge < -0.3 is 14.2 Å². The second-order valence-corrected chi connectivity index (χ2v) is 15.0. The molecule has 0 amide bonds. The standard InChI is InChI=1S/C44H84O6/c1-4-7-10-13-15-17-19-21-23-25-27-29-32-35-38-44(47)50-41(39-48-42(45)36-33-30-12-9-6-3)40-49-43(46)37-34-31-28-26-24-22-20-18-16-14-11-8-5-2/h41H,4-40H2,1-3H3/t41-/m1/s1. The molecule has 0 rings (SSSR count). The van der Waals surface area contributed by atoms with Gasteiger partial charge in [-0.25, -0.2) is 0 Å². The zero-order chi connectivity index (χ0) is 36.6. The summed E-state index contributed by atoms with van der Waals surface area (Å²) in [5.74, 6) is -0.867. The van der Waals surface area contributed by atoms with Crippen LogP contribution >= 0.6 is 0 Å². The number of hydrogen-bond donors (Lipinski definition) is 0. The van der Waals surface area contributed by atoms with Gasteiger partial charge in [0.2, 0.25) is 0 Å². The molecule has 0 aliphatic carbocycles. The van der Waals surface area contributed by atoms with Crippen LogP contribution in [0.3, 0.4) is 0 Å². The molecule has 0 heterocycles. The molecule has 1 atom stereocenters. The molecule has 296 valence electrons. The first-order valence-electron chi connectivity index (χ1n) is 22.0. The van der Waals surface area contributed by atoms with E-state index < -0.39 is 6.10 Å². The maximum absolute atomic E-state index is 12.6. The number of ether oxygens (including phenoxy) is 3. The Kier molecular flexibility index (Phi) is 38.9. The van der Waals surface area contributed by atoms with E-state index in [1.807, 2.05) is 0 Å². The first-order chi connectivity index (χ1) is 24.5. The van der Waals surface area contributed by atoms with Crippen molar-refractivity contribution >= 4 is 17.9 Å². The second-order valence-electron chi connectivity index (χ2n) is 15.0. The van der Waals surface area contributed by atoms with E-state index in [1.165, 1.54) is 141 Å². The van der Waals surface area contributed by atoms with Crippen molar-refractivity contribution in [1.29, 1.82) is 0 Å². The van der Waals surface area contributed by atoms with Crippen LogP contribution in [0.4, 0.5) is 0 Å². The van der Waals surface area contributed by atoms with E-state index in [0.717, 1.165) is 64.2 Å². The van der Waals surface area contributed by atoms with Crippen LogP contribution in [0, 0.1) is 0 Å². The van der Waals surface area contributed by atoms with Crippen molar-refractivity contribution in [3.8, 4) is 0 Å². The smallest absolute Gasteiger partial charge is 0.306 e. The lowest BCUT2D eigenvalue weighted by Crippen LogP contribution is -2.30. The predicted octanol–water partition coefficient (Wildman–Crippen LogP) is 13.7. The van der Waals surface area contributed by atoms with Gasteiger partial charge in [0.1, 0.15) is 13.2 Å². The number of carbonyl (C=O) groups excluding carboxylic acids is 3. The lowest BCUT2D eigenvalue weighted by molar-refractivity contribution is -0.167. The molecule has 0 saturated heterocycles. The van der Waals surface area contributed by atoms with Gasteiger partial charge in [-0.05, 0) is 19.3 Å². The normalized spacial score (nSPS) is 11.8. The van der Waals surface area contributed by atoms with Crippen LogP contribution in [0.15, 0.2) is 0 Å². The first-order valence-corrected chi connectivity index (χ1v) is 22.0. The van der Waals surface area contributed by atoms with E-state index in [4.69, 9.17) is 14.2 Å². The number of hydrogen-bond acceptors (Lipinski definition) is 6. The molecule has 0 spiro atoms. The summed E-state index contributed by atoms with van der Waals surface area (Å²) < 4.78 is 16.6. The van der Waals surface area contributed by atoms with E-state index in [-0.39, 0.29) is 31.1 Å². The van der Waals surface area contributed by atoms with Crippen LogP contribution in [0.5, 0.6) is 0 Å². The van der Waals surface area contributed by atoms with Gasteiger partial charge in [0.25, 0.3) is 0 Å². The molecule has 0 aromatic heterocycles. The maximum atomic E-state index is 12.6. The molecule has 0 N–H and O–H groups in total. The number of carbonyl (C=O) groups is 3. The average molecular weight is 709 g/mol. The molecule has 0 bridgehead atoms. The SMILES string of the molecule is CCCCCCCCCCCCCCCCC(=O)O[C@H](COC(=O)CCCCCCC)COC(=O)CCCCCCCCCCCCCCC. The van der Waals surface area contributed by atoms with Crippen LogP contribution in [0.25, 0.3) is 0 Å². The topological polar surface area (TPSA) is 78.9 Å². The van der Waals surface area contributed by atoms with E-state index >= 15 is 0 Å². The highest BCUT2D eigenvalue weighted by atomic mass is 16.6. The monoisotopic (exact) mass is 709 g/mol. The molecule has 0 fully saturated rings. The Morgan fingerprint density at radius 2 is 0.540 bits per heavy atom. The molecular formula is C44H84O6. The zero-order valence-electron chi connectivity index (χ0n) is 33.7. The van der Waals surface area contributed by atoms with Crippen molar-refractivity contribution in [3.63, 3.8) is 0 Å². The van der Waals surface area contributed by atoms with Gasteiger partial charge in [0, 0.05) is 19.3 Å². The summed E-state index contributed by atoms with van der Waals surface area (Å²) in [6, 6.07) is 0. The summed E-state index contributed by atoms with van der Waals surface area (Å²) in [5, 5.41) is 0. The highest BCUT2D eigenvalue weighted by molar-refractivity contribution is 5.71. The number of rotatable bonds is 40. The first kappa shape index (κ1) is 48.4. The van der Waals surface area contributed by atoms with Crippen molar-refractivity contribution in [2.75, 3.05) is 13.2 Å². The summed E-state index contributed by atoms with van der Waals surface area (Å²) >= 11 is 0. The van der Waals surface area contributed by atoms with Crippen LogP contribution < -0.4 is 0 Å². The van der Waals surface area contributed by atoms with Gasteiger partial charge in [-0.3, -0.25) is 14.4 Å². The van der Waals surface area contributed by atoms with Crippen LogP contribution in [-0.4, -0.2) is 37.2 Å². The van der Waals surface area contributed by atoms with Crippen LogP contribution in [-0.2, 0) is 28.6 Å². The summed E-state index contributed by atoms with van der Waals surface area (Å²) in [7, 11) is 0. The Morgan fingerprint density at radius 1 is 0.320 bits per heavy atom. The number of esters is 3. The molecule has 0 unspecified atom stereocenters. The molecule has 0 aliphatic heterocycles. The van der Waals surface area contributed by atoms with Gasteiger partial charge in [-0.1, -0.05) is 207 Å². The van der Waals surface area contributed by atoms with Crippen molar-refractivity contribution in [2.45, 2.75) is 252 Å². The molecule has 6 heteroatoms. The summed E-state index contributed by atoms with van der Waals surface area (Å²) in [4.78, 5) is 37.4. The molecular weight excluding hydrogens is 624 g/mol. The lowest BCUT2D eigenvalue weighted by atomic mass is 10.0. The molecule has 0 aromatic carbocycles. The van der Waals surface area contributed by atoms with Gasteiger partial charge in [-0.2, -0.15) is 0 Å². The zero-order valence-corrected chi connectivity index (χ0v) is 33.7. The van der Waals surface area contributed by atoms with Crippen molar-refractivity contribution in [1.82, 2.24) is 0 Å². The van der Waals surface area contributed by atoms with Crippen molar-refractivity contribution < 1.29 is 28.6 Å². The Hall–Kier alpha value is -1.59. The highest BCUT2D eigenvalue weighted by Gasteiger charge is 2.19. The van der Waals surface area contributed by atoms with Crippen molar-refractivity contribution in [3.05, 3.63) is 0 Å². The van der Waals surface area contributed by atoms with Gasteiger partial charge in [0.05, 0.1) is 0 Å². The Balaban J connectivity index is 4.20. The molecule has 0 saturated carbocycles. The van der Waals surface area contributed by atoms with Crippen LogP contribution in [0.1, 0.15) is 245 Å². The fourth-order valence-electron chi connectivity index (χ4n) is 6.50. The molecule has 6 nitrogen and oxygen atoms in total. The third-order valence-corrected chi connectivity index (χ3v) is 9.86. The highest BCUT2D eigenvalue weighted by Crippen LogP contribution is 2.15. The van der Waals surface area contributed by atoms with E-state index in [1.54, 1.807) is 0 Å². The lowest BCUT2D eigenvalue weighted by Gasteiger charge is -2.18. The minimum Gasteiger partial charge on any atom is -0.462 e. The minimum atomic E-state index is -0.756. The Bertz CT molecular complexity index is 738. The molecule has 0 radical (unpaired) electrons. The summed E-state index contributed by atoms with van der Waals surface area (Å²) in [6.45, 7) is 6.57. The fourth-order valence-corrected chi connectivity index (χ4v) is 6.50. The van der Waals surface area contributed by atoms with Gasteiger partial charge in [-0.15, -0.1) is 0 Å². The van der Waals surface area contributed by atoms with Gasteiger partial charge in [0.15, 0.2) is 6.10 Å². The van der Waals surface area contributed by atoms with E-state index in [2.05, 4.69) is 20.8 Å². The predicted molar refractivity (Wildman–Crippen MR) is 210 cm³/mol. The van der Waals surface area contributed by atoms with E-state index in [9.17, 15) is 14.4 Å². The Morgan fingerprint density at radius 3 is 0.800 bits per heavy atom. The third-order valence-electron chi connectivity index (χ3n) is 9.86. The second kappa shape index (κ2) is 40.2. The number of unbranched alkanes of at least 4 members (excludes halogenated alkanes) is 29. The third kappa shape index (κ3) is 37.7. The Labute approximate surface area is 310 Å². The quantitative estimate of drug-likeness (QED) is 0.0358. The van der Waals surface area contributed by atoms with Crippen LogP contribution in [0.2, 0.25) is 0 Å². The van der Waals surface area contributed by atoms with Crippen molar-refractivity contribution in [2.24, 2.45) is 0 Å². The summed E-state index contributed by atoms with van der Waals surface area (Å²) in [6.07, 6.45) is 39.7. The summed E-state index contributed by atoms with van der Waals surface area (Å²) in [5.41, 5.74) is 0. The maximum Gasteiger partial charge on any atom is 0.306 e.